The van der Waals surface area contributed by atoms with Crippen molar-refractivity contribution in [2.24, 2.45) is 0 Å². The van der Waals surface area contributed by atoms with E-state index in [4.69, 9.17) is 0 Å². The minimum atomic E-state index is -0.330. The molecule has 3 aromatic heterocycles. The van der Waals surface area contributed by atoms with E-state index in [1.54, 1.807) is 30.2 Å². The van der Waals surface area contributed by atoms with Crippen LogP contribution in [0, 0.1) is 5.82 Å². The lowest BCUT2D eigenvalue weighted by Crippen LogP contribution is -2.30. The number of benzene rings is 1. The summed E-state index contributed by atoms with van der Waals surface area (Å²) in [5, 5.41) is 2.61. The first-order valence-electron chi connectivity index (χ1n) is 6.95. The monoisotopic (exact) mass is 359 g/mol. The average Bonchev–Trinajstić information content (AvgIpc) is 3.31. The topological polar surface area (TPSA) is 74.8 Å². The van der Waals surface area contributed by atoms with Crippen molar-refractivity contribution < 1.29 is 9.18 Å². The summed E-state index contributed by atoms with van der Waals surface area (Å²) < 4.78 is 14.1. The minimum Gasteiger partial charge on any atom is -0.347 e. The zero-order valence-electron chi connectivity index (χ0n) is 12.1. The molecule has 0 fully saturated rings. The van der Waals surface area contributed by atoms with Crippen molar-refractivity contribution in [1.82, 2.24) is 19.9 Å². The summed E-state index contributed by atoms with van der Waals surface area (Å²) in [7, 11) is 0. The predicted octanol–water partition coefficient (Wildman–Crippen LogP) is 3.46. The number of aromatic amines is 1. The number of hydrogen-bond donors (Lipinski definition) is 1. The number of thiazole rings is 2. The van der Waals surface area contributed by atoms with Crippen LogP contribution >= 0.6 is 22.7 Å². The van der Waals surface area contributed by atoms with E-state index in [9.17, 15) is 9.18 Å². The number of fused-ring (bicyclic) bond motifs is 1. The van der Waals surface area contributed by atoms with Crippen LogP contribution in [-0.2, 0) is 6.54 Å². The van der Waals surface area contributed by atoms with Gasteiger partial charge in [0.2, 0.25) is 0 Å². The lowest BCUT2D eigenvalue weighted by Gasteiger charge is -2.17. The van der Waals surface area contributed by atoms with Gasteiger partial charge in [-0.3, -0.25) is 9.69 Å². The molecule has 9 heteroatoms. The van der Waals surface area contributed by atoms with Crippen LogP contribution in [0.2, 0.25) is 0 Å². The van der Waals surface area contributed by atoms with Gasteiger partial charge < -0.3 is 4.98 Å². The number of nitrogens with one attached hydrogen (secondary N) is 1. The largest absolute Gasteiger partial charge is 0.347 e. The van der Waals surface area contributed by atoms with Gasteiger partial charge in [0.05, 0.1) is 28.8 Å². The molecule has 0 aliphatic rings. The van der Waals surface area contributed by atoms with Gasteiger partial charge in [-0.15, -0.1) is 11.3 Å². The second kappa shape index (κ2) is 6.10. The van der Waals surface area contributed by atoms with Crippen LogP contribution < -0.4 is 4.90 Å². The maximum atomic E-state index is 13.4. The molecule has 24 heavy (non-hydrogen) atoms. The molecule has 0 saturated heterocycles. The minimum absolute atomic E-state index is 0.251. The van der Waals surface area contributed by atoms with Gasteiger partial charge in [-0.2, -0.15) is 0 Å². The molecule has 0 aliphatic carbocycles. The summed E-state index contributed by atoms with van der Waals surface area (Å²) in [6.07, 6.45) is 4.78. The van der Waals surface area contributed by atoms with Gasteiger partial charge >= 0.3 is 0 Å². The highest BCUT2D eigenvalue weighted by Gasteiger charge is 2.24. The quantitative estimate of drug-likeness (QED) is 0.605. The average molecular weight is 359 g/mol. The van der Waals surface area contributed by atoms with E-state index in [2.05, 4.69) is 19.9 Å². The summed E-state index contributed by atoms with van der Waals surface area (Å²) in [6, 6.07) is 4.37. The van der Waals surface area contributed by atoms with E-state index in [-0.39, 0.29) is 18.3 Å². The fourth-order valence-electron chi connectivity index (χ4n) is 2.21. The van der Waals surface area contributed by atoms with E-state index in [1.807, 2.05) is 0 Å². The first kappa shape index (κ1) is 14.9. The van der Waals surface area contributed by atoms with Gasteiger partial charge in [-0.1, -0.05) is 11.3 Å². The normalized spacial score (nSPS) is 11.0. The van der Waals surface area contributed by atoms with Crippen molar-refractivity contribution in [3.8, 4) is 0 Å². The van der Waals surface area contributed by atoms with Crippen molar-refractivity contribution in [1.29, 1.82) is 0 Å². The fraction of sp³-hybridized carbons (Fsp3) is 0.0667. The van der Waals surface area contributed by atoms with Crippen molar-refractivity contribution in [2.45, 2.75) is 6.54 Å². The molecule has 0 saturated carbocycles. The van der Waals surface area contributed by atoms with Crippen LogP contribution in [0.5, 0.6) is 0 Å². The second-order valence-corrected chi connectivity index (χ2v) is 6.82. The van der Waals surface area contributed by atoms with Crippen LogP contribution in [0.3, 0.4) is 0 Å². The number of aromatic nitrogens is 4. The highest BCUT2D eigenvalue weighted by atomic mass is 32.1. The van der Waals surface area contributed by atoms with Gasteiger partial charge in [-0.25, -0.2) is 19.3 Å². The van der Waals surface area contributed by atoms with E-state index < -0.39 is 0 Å². The third-order valence-electron chi connectivity index (χ3n) is 3.31. The molecule has 1 amide bonds. The Bertz CT molecular complexity index is 981. The van der Waals surface area contributed by atoms with Crippen molar-refractivity contribution in [2.75, 3.05) is 4.90 Å². The second-order valence-electron chi connectivity index (χ2n) is 4.91. The molecule has 6 nitrogen and oxygen atoms in total. The molecule has 1 aromatic carbocycles. The highest BCUT2D eigenvalue weighted by Crippen LogP contribution is 2.31. The molecule has 0 spiro atoms. The van der Waals surface area contributed by atoms with Crippen molar-refractivity contribution in [3.63, 3.8) is 0 Å². The van der Waals surface area contributed by atoms with Crippen molar-refractivity contribution >= 4 is 43.9 Å². The van der Waals surface area contributed by atoms with Crippen LogP contribution in [0.25, 0.3) is 10.2 Å². The lowest BCUT2D eigenvalue weighted by molar-refractivity contribution is 0.0984. The standard InChI is InChI=1S/C15H10FN5OS2/c16-9-1-2-11-12(5-9)24-15(20-11)21(7-10-6-17-8-19-10)14(22)13-18-3-4-23-13/h1-6,8H,7H2,(H,17,19). The van der Waals surface area contributed by atoms with E-state index >= 15 is 0 Å². The lowest BCUT2D eigenvalue weighted by atomic mass is 10.3. The zero-order chi connectivity index (χ0) is 16.5. The number of carbonyl (C=O) groups is 1. The molecule has 4 rings (SSSR count). The molecule has 0 aliphatic heterocycles. The van der Waals surface area contributed by atoms with Crippen LogP contribution in [0.15, 0.2) is 42.3 Å². The first-order chi connectivity index (χ1) is 11.7. The molecular weight excluding hydrogens is 349 g/mol. The third-order valence-corrected chi connectivity index (χ3v) is 5.12. The first-order valence-corrected chi connectivity index (χ1v) is 8.65. The Morgan fingerprint density at radius 1 is 1.38 bits per heavy atom. The van der Waals surface area contributed by atoms with E-state index in [1.165, 1.54) is 39.7 Å². The Balaban J connectivity index is 1.76. The number of carbonyl (C=O) groups excluding carboxylic acids is 1. The maximum absolute atomic E-state index is 13.4. The number of amides is 1. The summed E-state index contributed by atoms with van der Waals surface area (Å²) in [4.78, 5) is 29.8. The number of hydrogen-bond acceptors (Lipinski definition) is 6. The molecule has 4 aromatic rings. The summed E-state index contributed by atoms with van der Waals surface area (Å²) in [6.45, 7) is 0.278. The maximum Gasteiger partial charge on any atom is 0.289 e. The number of nitrogens with zero attached hydrogens (tertiary/aromatic N) is 4. The molecule has 0 radical (unpaired) electrons. The Morgan fingerprint density at radius 3 is 3.04 bits per heavy atom. The Morgan fingerprint density at radius 2 is 2.29 bits per heavy atom. The molecule has 1 N–H and O–H groups in total. The smallest absolute Gasteiger partial charge is 0.289 e. The Kier molecular flexibility index (Phi) is 3.79. The van der Waals surface area contributed by atoms with Crippen LogP contribution in [-0.4, -0.2) is 25.8 Å². The molecule has 120 valence electrons. The van der Waals surface area contributed by atoms with Crippen LogP contribution in [0.1, 0.15) is 15.5 Å². The number of anilines is 1. The van der Waals surface area contributed by atoms with Crippen LogP contribution in [0.4, 0.5) is 9.52 Å². The van der Waals surface area contributed by atoms with E-state index in [0.29, 0.717) is 20.4 Å². The third kappa shape index (κ3) is 2.79. The molecule has 3 heterocycles. The molecular formula is C15H10FN5OS2. The van der Waals surface area contributed by atoms with Gasteiger partial charge in [0.25, 0.3) is 5.91 Å². The van der Waals surface area contributed by atoms with Gasteiger partial charge in [0, 0.05) is 17.8 Å². The molecule has 0 unspecified atom stereocenters. The Hall–Kier alpha value is -2.65. The van der Waals surface area contributed by atoms with E-state index in [0.717, 1.165) is 5.69 Å². The van der Waals surface area contributed by atoms with Gasteiger partial charge in [-0.05, 0) is 18.2 Å². The van der Waals surface area contributed by atoms with Gasteiger partial charge in [0.15, 0.2) is 10.1 Å². The number of imidazole rings is 1. The number of H-pyrrole nitrogens is 1. The number of halogens is 1. The molecule has 0 bridgehead atoms. The number of rotatable bonds is 4. The zero-order valence-corrected chi connectivity index (χ0v) is 13.8. The van der Waals surface area contributed by atoms with Gasteiger partial charge in [0.1, 0.15) is 5.82 Å². The Labute approximate surface area is 143 Å². The summed E-state index contributed by atoms with van der Waals surface area (Å²) >= 11 is 2.53. The highest BCUT2D eigenvalue weighted by molar-refractivity contribution is 7.22. The SMILES string of the molecule is O=C(c1nccs1)N(Cc1cnc[nH]1)c1nc2ccc(F)cc2s1. The summed E-state index contributed by atoms with van der Waals surface area (Å²) in [5.74, 6) is -0.580. The molecule has 0 atom stereocenters. The van der Waals surface area contributed by atoms with Crippen molar-refractivity contribution in [3.05, 3.63) is 58.8 Å². The predicted molar refractivity (Wildman–Crippen MR) is 90.8 cm³/mol. The summed E-state index contributed by atoms with van der Waals surface area (Å²) in [5.41, 5.74) is 1.42. The fourth-order valence-corrected chi connectivity index (χ4v) is 3.79.